The lowest BCUT2D eigenvalue weighted by Gasteiger charge is -2.33. The molecule has 1 saturated heterocycles. The Labute approximate surface area is 206 Å². The smallest absolute Gasteiger partial charge is 0.337 e. The van der Waals surface area contributed by atoms with Crippen molar-refractivity contribution in [1.29, 1.82) is 0 Å². The summed E-state index contributed by atoms with van der Waals surface area (Å²) in [7, 11) is 1.30. The van der Waals surface area contributed by atoms with Crippen molar-refractivity contribution in [2.45, 2.75) is 45.7 Å². The van der Waals surface area contributed by atoms with Crippen molar-refractivity contribution >= 4 is 57.1 Å². The Kier molecular flexibility index (Phi) is 9.28. The monoisotopic (exact) mass is 507 g/mol. The Morgan fingerprint density at radius 1 is 1.21 bits per heavy atom. The van der Waals surface area contributed by atoms with Crippen molar-refractivity contribution in [2.75, 3.05) is 31.8 Å². The average Bonchev–Trinajstić information content (AvgIpc) is 3.14. The first kappa shape index (κ1) is 26.0. The third kappa shape index (κ3) is 6.47. The number of benzene rings is 1. The number of methoxy groups -OCH3 is 1. The maximum Gasteiger partial charge on any atom is 0.337 e. The van der Waals surface area contributed by atoms with E-state index >= 15 is 0 Å². The van der Waals surface area contributed by atoms with Crippen LogP contribution >= 0.6 is 23.1 Å². The minimum atomic E-state index is -0.481. The first-order valence-corrected chi connectivity index (χ1v) is 13.1. The second-order valence-corrected chi connectivity index (χ2v) is 9.87. The number of nitrogens with zero attached hydrogens (tertiary/aromatic N) is 3. The van der Waals surface area contributed by atoms with Crippen molar-refractivity contribution < 1.29 is 28.7 Å². The number of amides is 2. The second-order valence-electron chi connectivity index (χ2n) is 7.88. The predicted molar refractivity (Wildman–Crippen MR) is 131 cm³/mol. The molecule has 184 valence electrons. The second kappa shape index (κ2) is 12.2. The largest absolute Gasteiger partial charge is 0.465 e. The van der Waals surface area contributed by atoms with Gasteiger partial charge in [0, 0.05) is 12.6 Å². The molecule has 34 heavy (non-hydrogen) atoms. The van der Waals surface area contributed by atoms with Gasteiger partial charge in [0.1, 0.15) is 6.54 Å². The summed E-state index contributed by atoms with van der Waals surface area (Å²) in [6.07, 6.45) is 3.16. The molecule has 0 aliphatic carbocycles. The summed E-state index contributed by atoms with van der Waals surface area (Å²) >= 11 is 2.43. The molecule has 0 saturated carbocycles. The van der Waals surface area contributed by atoms with Crippen molar-refractivity contribution in [1.82, 2.24) is 9.47 Å². The molecule has 1 unspecified atom stereocenters. The number of likely N-dealkylation sites (tertiary alicyclic amines) is 1. The van der Waals surface area contributed by atoms with E-state index in [1.54, 1.807) is 29.7 Å². The number of fused-ring (bicyclic) bond motifs is 1. The fourth-order valence-electron chi connectivity index (χ4n) is 3.81. The molecular formula is C23H29N3O6S2. The van der Waals surface area contributed by atoms with Crippen LogP contribution in [0.25, 0.3) is 10.2 Å². The number of hydrogen-bond donors (Lipinski definition) is 0. The molecule has 2 amide bonds. The summed E-state index contributed by atoms with van der Waals surface area (Å²) in [6.45, 7) is 4.66. The van der Waals surface area contributed by atoms with Crippen LogP contribution in [0.1, 0.15) is 43.5 Å². The van der Waals surface area contributed by atoms with E-state index in [4.69, 9.17) is 9.47 Å². The third-order valence-corrected chi connectivity index (χ3v) is 7.43. The Hall–Kier alpha value is -2.66. The third-order valence-electron chi connectivity index (χ3n) is 5.49. The highest BCUT2D eigenvalue weighted by atomic mass is 32.2. The van der Waals surface area contributed by atoms with E-state index in [9.17, 15) is 19.2 Å². The predicted octanol–water partition coefficient (Wildman–Crippen LogP) is 2.61. The average molecular weight is 508 g/mol. The van der Waals surface area contributed by atoms with Gasteiger partial charge in [-0.1, -0.05) is 11.3 Å². The lowest BCUT2D eigenvalue weighted by molar-refractivity contribution is -0.143. The lowest BCUT2D eigenvalue weighted by atomic mass is 10.0. The topological polar surface area (TPSA) is 107 Å². The standard InChI is InChI=1S/C23H29N3O6S2/c1-4-32-21(29)12-26-17-9-8-16(22(30)31-3)11-18(17)34-23(26)24-19(27)13-33-14-20(28)25-10-6-5-7-15(25)2/h8-9,11,15H,4-7,10,12-14H2,1-3H3. The van der Waals surface area contributed by atoms with E-state index in [2.05, 4.69) is 11.9 Å². The number of carbonyl (C=O) groups excluding carboxylic acids is 4. The van der Waals surface area contributed by atoms with Gasteiger partial charge in [-0.3, -0.25) is 14.4 Å². The SMILES string of the molecule is CCOC(=O)Cn1c(=NC(=O)CSCC(=O)N2CCCCC2C)sc2cc(C(=O)OC)ccc21. The number of thioether (sulfide) groups is 1. The molecule has 1 fully saturated rings. The number of carbonyl (C=O) groups is 4. The summed E-state index contributed by atoms with van der Waals surface area (Å²) in [5.74, 6) is -1.02. The maximum atomic E-state index is 12.6. The van der Waals surface area contributed by atoms with Crippen LogP contribution in [0.3, 0.4) is 0 Å². The number of esters is 2. The van der Waals surface area contributed by atoms with E-state index in [1.165, 1.54) is 30.2 Å². The Morgan fingerprint density at radius 3 is 2.71 bits per heavy atom. The van der Waals surface area contributed by atoms with Crippen LogP contribution in [0.2, 0.25) is 0 Å². The van der Waals surface area contributed by atoms with Gasteiger partial charge < -0.3 is 18.9 Å². The fourth-order valence-corrected chi connectivity index (χ4v) is 5.58. The summed E-state index contributed by atoms with van der Waals surface area (Å²) in [5.41, 5.74) is 1.01. The zero-order valence-corrected chi connectivity index (χ0v) is 21.2. The van der Waals surface area contributed by atoms with Crippen LogP contribution in [0.5, 0.6) is 0 Å². The number of rotatable bonds is 8. The highest BCUT2D eigenvalue weighted by molar-refractivity contribution is 8.00. The molecule has 3 rings (SSSR count). The molecule has 0 radical (unpaired) electrons. The van der Waals surface area contributed by atoms with E-state index < -0.39 is 17.8 Å². The minimum Gasteiger partial charge on any atom is -0.465 e. The van der Waals surface area contributed by atoms with Crippen molar-refractivity contribution in [3.05, 3.63) is 28.6 Å². The van der Waals surface area contributed by atoms with Crippen molar-refractivity contribution in [3.63, 3.8) is 0 Å². The lowest BCUT2D eigenvalue weighted by Crippen LogP contribution is -2.43. The van der Waals surface area contributed by atoms with Crippen LogP contribution in [-0.2, 0) is 30.4 Å². The van der Waals surface area contributed by atoms with E-state index in [1.807, 2.05) is 4.90 Å². The van der Waals surface area contributed by atoms with Gasteiger partial charge in [0.15, 0.2) is 4.80 Å². The minimum absolute atomic E-state index is 0.0413. The number of hydrogen-bond acceptors (Lipinski definition) is 8. The molecule has 9 nitrogen and oxygen atoms in total. The van der Waals surface area contributed by atoms with Gasteiger partial charge in [0.25, 0.3) is 5.91 Å². The van der Waals surface area contributed by atoms with Gasteiger partial charge in [-0.2, -0.15) is 4.99 Å². The zero-order valence-electron chi connectivity index (χ0n) is 19.6. The summed E-state index contributed by atoms with van der Waals surface area (Å²) < 4.78 is 12.1. The first-order valence-electron chi connectivity index (χ1n) is 11.2. The molecule has 1 aromatic heterocycles. The van der Waals surface area contributed by atoms with E-state index in [0.717, 1.165) is 25.8 Å². The van der Waals surface area contributed by atoms with Gasteiger partial charge >= 0.3 is 11.9 Å². The number of thiazole rings is 1. The molecular weight excluding hydrogens is 478 g/mol. The van der Waals surface area contributed by atoms with Gasteiger partial charge in [-0.05, 0) is 51.3 Å². The van der Waals surface area contributed by atoms with Gasteiger partial charge in [0.05, 0.1) is 41.0 Å². The Bertz CT molecular complexity index is 1140. The normalized spacial score (nSPS) is 16.5. The molecule has 1 aliphatic heterocycles. The highest BCUT2D eigenvalue weighted by Gasteiger charge is 2.23. The van der Waals surface area contributed by atoms with Crippen LogP contribution in [0, 0.1) is 0 Å². The van der Waals surface area contributed by atoms with Crippen molar-refractivity contribution in [3.8, 4) is 0 Å². The summed E-state index contributed by atoms with van der Waals surface area (Å²) in [6, 6.07) is 5.16. The Morgan fingerprint density at radius 2 is 2.00 bits per heavy atom. The molecule has 11 heteroatoms. The maximum absolute atomic E-state index is 12.6. The quantitative estimate of drug-likeness (QED) is 0.506. The van der Waals surface area contributed by atoms with Gasteiger partial charge in [-0.15, -0.1) is 11.8 Å². The molecule has 2 aromatic rings. The summed E-state index contributed by atoms with van der Waals surface area (Å²) in [4.78, 5) is 55.5. The molecule has 0 N–H and O–H groups in total. The van der Waals surface area contributed by atoms with Crippen LogP contribution in [0.4, 0.5) is 0 Å². The number of aromatic nitrogens is 1. The van der Waals surface area contributed by atoms with E-state index in [0.29, 0.717) is 20.6 Å². The molecule has 1 aromatic carbocycles. The number of ether oxygens (including phenoxy) is 2. The van der Waals surface area contributed by atoms with Crippen molar-refractivity contribution in [2.24, 2.45) is 4.99 Å². The zero-order chi connectivity index (χ0) is 24.7. The molecule has 1 aliphatic rings. The van der Waals surface area contributed by atoms with E-state index in [-0.39, 0.29) is 36.6 Å². The van der Waals surface area contributed by atoms with Crippen LogP contribution in [0.15, 0.2) is 23.2 Å². The van der Waals surface area contributed by atoms with Crippen LogP contribution < -0.4 is 4.80 Å². The molecule has 1 atom stereocenters. The summed E-state index contributed by atoms with van der Waals surface area (Å²) in [5, 5.41) is 0. The number of piperidine rings is 1. The van der Waals surface area contributed by atoms with Crippen LogP contribution in [-0.4, -0.2) is 71.0 Å². The van der Waals surface area contributed by atoms with Gasteiger partial charge in [0.2, 0.25) is 5.91 Å². The Balaban J connectivity index is 1.77. The molecule has 2 heterocycles. The molecule has 0 spiro atoms. The first-order chi connectivity index (χ1) is 16.3. The fraction of sp³-hybridized carbons (Fsp3) is 0.522. The molecule has 0 bridgehead atoms. The highest BCUT2D eigenvalue weighted by Crippen LogP contribution is 2.21. The van der Waals surface area contributed by atoms with Gasteiger partial charge in [-0.25, -0.2) is 4.79 Å².